The average Bonchev–Trinajstić information content (AvgIpc) is 2.92. The fraction of sp³-hybridized carbons (Fsp3) is 0.300. The third kappa shape index (κ3) is 3.54. The highest BCUT2D eigenvalue weighted by Crippen LogP contribution is 2.40. The van der Waals surface area contributed by atoms with Crippen molar-refractivity contribution < 1.29 is 22.7 Å². The van der Waals surface area contributed by atoms with E-state index in [9.17, 15) is 18.0 Å². The van der Waals surface area contributed by atoms with Crippen LogP contribution in [0, 0.1) is 0 Å². The number of nitrogens with zero attached hydrogens (tertiary/aromatic N) is 2. The summed E-state index contributed by atoms with van der Waals surface area (Å²) in [6.45, 7) is -3.38. The van der Waals surface area contributed by atoms with Gasteiger partial charge in [-0.15, -0.1) is 0 Å². The molecule has 0 aliphatic carbocycles. The highest BCUT2D eigenvalue weighted by molar-refractivity contribution is 6.08. The molecule has 1 atom stereocenters. The van der Waals surface area contributed by atoms with Gasteiger partial charge in [0.2, 0.25) is 0 Å². The van der Waals surface area contributed by atoms with Crippen LogP contribution in [0.4, 0.5) is 13.2 Å². The molecule has 1 heterocycles. The van der Waals surface area contributed by atoms with Crippen LogP contribution in [0.15, 0.2) is 53.5 Å². The molecule has 0 unspecified atom stereocenters. The minimum atomic E-state index is -2.94. The van der Waals surface area contributed by atoms with Gasteiger partial charge in [-0.05, 0) is 41.7 Å². The van der Waals surface area contributed by atoms with Crippen LogP contribution in [0.25, 0.3) is 0 Å². The van der Waals surface area contributed by atoms with Gasteiger partial charge in [-0.25, -0.2) is 4.99 Å². The first-order valence-electron chi connectivity index (χ1n) is 8.72. The van der Waals surface area contributed by atoms with Crippen LogP contribution in [0.5, 0.6) is 5.75 Å². The van der Waals surface area contributed by atoms with Crippen molar-refractivity contribution in [2.24, 2.45) is 10.7 Å². The molecule has 1 amide bonds. The van der Waals surface area contributed by atoms with E-state index in [1.54, 1.807) is 18.2 Å². The Bertz CT molecular complexity index is 887. The Kier molecular flexibility index (Phi) is 5.58. The van der Waals surface area contributed by atoms with Crippen molar-refractivity contribution in [1.29, 1.82) is 0 Å². The van der Waals surface area contributed by atoms with Crippen molar-refractivity contribution in [1.82, 2.24) is 4.90 Å². The molecule has 0 bridgehead atoms. The van der Waals surface area contributed by atoms with Crippen molar-refractivity contribution in [2.45, 2.75) is 25.0 Å². The van der Waals surface area contributed by atoms with Crippen LogP contribution in [0.3, 0.4) is 0 Å². The molecule has 0 saturated heterocycles. The number of ether oxygens (including phenoxy) is 1. The summed E-state index contributed by atoms with van der Waals surface area (Å²) in [5, 5.41) is 0. The molecule has 0 saturated carbocycles. The molecule has 0 aromatic heterocycles. The van der Waals surface area contributed by atoms with Gasteiger partial charge in [-0.1, -0.05) is 36.4 Å². The van der Waals surface area contributed by atoms with Crippen LogP contribution >= 0.6 is 0 Å². The lowest BCUT2D eigenvalue weighted by atomic mass is 9.82. The minimum Gasteiger partial charge on any atom is -0.435 e. The summed E-state index contributed by atoms with van der Waals surface area (Å²) in [5.41, 5.74) is 6.38. The van der Waals surface area contributed by atoms with Crippen LogP contribution in [-0.2, 0) is 16.8 Å². The SMILES string of the molecule is CN1C(=O)[C@](c2ccc(OC(F)F)cc2)(c2cccc(CCCF)c2)N=C1N. The topological polar surface area (TPSA) is 67.9 Å². The van der Waals surface area contributed by atoms with Gasteiger partial charge in [-0.2, -0.15) is 8.78 Å². The second-order valence-corrected chi connectivity index (χ2v) is 6.44. The number of carbonyl (C=O) groups is 1. The summed E-state index contributed by atoms with van der Waals surface area (Å²) in [6, 6.07) is 12.9. The molecule has 2 aromatic carbocycles. The van der Waals surface area contributed by atoms with Gasteiger partial charge in [0.1, 0.15) is 5.75 Å². The Morgan fingerprint density at radius 1 is 1.18 bits per heavy atom. The number of rotatable bonds is 7. The van der Waals surface area contributed by atoms with E-state index in [0.29, 0.717) is 24.0 Å². The largest absolute Gasteiger partial charge is 0.435 e. The first-order valence-corrected chi connectivity index (χ1v) is 8.72. The number of benzene rings is 2. The molecule has 2 aromatic rings. The summed E-state index contributed by atoms with van der Waals surface area (Å²) in [4.78, 5) is 18.8. The summed E-state index contributed by atoms with van der Waals surface area (Å²) in [6.07, 6.45) is 0.889. The lowest BCUT2D eigenvalue weighted by Gasteiger charge is -2.26. The first kappa shape index (κ1) is 19.7. The Balaban J connectivity index is 2.09. The fourth-order valence-electron chi connectivity index (χ4n) is 3.28. The molecule has 8 heteroatoms. The fourth-order valence-corrected chi connectivity index (χ4v) is 3.28. The standard InChI is InChI=1S/C20H20F3N3O2/c1-26-17(27)20(25-19(26)24,14-7-9-16(10-8-14)28-18(22)23)15-6-2-4-13(12-15)5-3-11-21/h2,4,6-10,12,18H,3,5,11H2,1H3,(H2,24,25)/t20-/m0/s1. The second kappa shape index (κ2) is 7.92. The van der Waals surface area contributed by atoms with Crippen molar-refractivity contribution in [3.63, 3.8) is 0 Å². The lowest BCUT2D eigenvalue weighted by molar-refractivity contribution is -0.129. The summed E-state index contributed by atoms with van der Waals surface area (Å²) in [5.74, 6) is -0.344. The normalized spacial score (nSPS) is 19.2. The third-order valence-electron chi connectivity index (χ3n) is 4.68. The number of aryl methyl sites for hydroxylation is 1. The maximum Gasteiger partial charge on any atom is 0.387 e. The molecule has 148 valence electrons. The third-order valence-corrected chi connectivity index (χ3v) is 4.68. The molecular weight excluding hydrogens is 371 g/mol. The van der Waals surface area contributed by atoms with Crippen molar-refractivity contribution in [2.75, 3.05) is 13.7 Å². The average molecular weight is 391 g/mol. The van der Waals surface area contributed by atoms with Crippen LogP contribution in [-0.4, -0.2) is 37.1 Å². The van der Waals surface area contributed by atoms with Gasteiger partial charge in [-0.3, -0.25) is 14.1 Å². The number of hydrogen-bond acceptors (Lipinski definition) is 4. The summed E-state index contributed by atoms with van der Waals surface area (Å²) >= 11 is 0. The van der Waals surface area contributed by atoms with Gasteiger partial charge < -0.3 is 10.5 Å². The number of carbonyl (C=O) groups excluding carboxylic acids is 1. The molecular formula is C20H20F3N3O2. The Morgan fingerprint density at radius 3 is 2.46 bits per heavy atom. The van der Waals surface area contributed by atoms with E-state index in [4.69, 9.17) is 5.73 Å². The zero-order valence-corrected chi connectivity index (χ0v) is 15.2. The zero-order chi connectivity index (χ0) is 20.3. The maximum absolute atomic E-state index is 13.1. The number of amides is 1. The van der Waals surface area contributed by atoms with Crippen molar-refractivity contribution in [3.05, 3.63) is 65.2 Å². The number of alkyl halides is 3. The number of halogens is 3. The predicted molar refractivity (Wildman–Crippen MR) is 99.0 cm³/mol. The Hall–Kier alpha value is -3.03. The molecule has 0 fully saturated rings. The quantitative estimate of drug-likeness (QED) is 0.788. The molecule has 0 spiro atoms. The number of hydrogen-bond donors (Lipinski definition) is 1. The Morgan fingerprint density at radius 2 is 1.89 bits per heavy atom. The highest BCUT2D eigenvalue weighted by atomic mass is 19.3. The first-order chi connectivity index (χ1) is 13.4. The summed E-state index contributed by atoms with van der Waals surface area (Å²) in [7, 11) is 1.52. The van der Waals surface area contributed by atoms with E-state index < -0.39 is 18.8 Å². The van der Waals surface area contributed by atoms with Crippen molar-refractivity contribution in [3.8, 4) is 5.75 Å². The summed E-state index contributed by atoms with van der Waals surface area (Å²) < 4.78 is 41.8. The van der Waals surface area contributed by atoms with Gasteiger partial charge >= 0.3 is 6.61 Å². The van der Waals surface area contributed by atoms with Crippen LogP contribution in [0.1, 0.15) is 23.1 Å². The Labute approximate surface area is 160 Å². The number of likely N-dealkylation sites (N-methyl/N-ethyl adjacent to an activating group) is 1. The highest BCUT2D eigenvalue weighted by Gasteiger charge is 2.49. The second-order valence-electron chi connectivity index (χ2n) is 6.44. The van der Waals surface area contributed by atoms with E-state index >= 15 is 0 Å². The molecule has 2 N–H and O–H groups in total. The molecule has 1 aliphatic heterocycles. The molecule has 3 rings (SSSR count). The van der Waals surface area contributed by atoms with Gasteiger partial charge in [0, 0.05) is 7.05 Å². The van der Waals surface area contributed by atoms with Gasteiger partial charge in [0.05, 0.1) is 6.67 Å². The molecule has 1 aliphatic rings. The van der Waals surface area contributed by atoms with Gasteiger partial charge in [0.25, 0.3) is 5.91 Å². The monoisotopic (exact) mass is 391 g/mol. The van der Waals surface area contributed by atoms with Crippen molar-refractivity contribution >= 4 is 11.9 Å². The molecule has 5 nitrogen and oxygen atoms in total. The lowest BCUT2D eigenvalue weighted by Crippen LogP contribution is -2.41. The number of nitrogens with two attached hydrogens (primary N) is 1. The molecule has 28 heavy (non-hydrogen) atoms. The van der Waals surface area contributed by atoms with E-state index in [-0.39, 0.29) is 17.6 Å². The van der Waals surface area contributed by atoms with Gasteiger partial charge in [0.15, 0.2) is 11.5 Å². The number of guanidine groups is 1. The van der Waals surface area contributed by atoms with E-state index in [1.807, 2.05) is 6.07 Å². The maximum atomic E-state index is 13.1. The van der Waals surface area contributed by atoms with Crippen LogP contribution < -0.4 is 10.5 Å². The zero-order valence-electron chi connectivity index (χ0n) is 15.2. The van der Waals surface area contributed by atoms with Crippen LogP contribution in [0.2, 0.25) is 0 Å². The van der Waals surface area contributed by atoms with E-state index in [0.717, 1.165) is 5.56 Å². The number of aliphatic imine (C=N–C) groups is 1. The van der Waals surface area contributed by atoms with E-state index in [1.165, 1.54) is 36.2 Å². The predicted octanol–water partition coefficient (Wildman–Crippen LogP) is 3.22. The molecule has 0 radical (unpaired) electrons. The minimum absolute atomic E-state index is 0.0265. The van der Waals surface area contributed by atoms with E-state index in [2.05, 4.69) is 9.73 Å². The smallest absolute Gasteiger partial charge is 0.387 e.